The van der Waals surface area contributed by atoms with Gasteiger partial charge >= 0.3 is 0 Å². The number of anilines is 1. The van der Waals surface area contributed by atoms with Gasteiger partial charge in [-0.15, -0.1) is 0 Å². The number of methoxy groups -OCH3 is 1. The van der Waals surface area contributed by atoms with Crippen molar-refractivity contribution in [3.63, 3.8) is 0 Å². The molecule has 1 unspecified atom stereocenters. The van der Waals surface area contributed by atoms with Crippen molar-refractivity contribution in [1.29, 1.82) is 0 Å². The average molecular weight is 328 g/mol. The van der Waals surface area contributed by atoms with Gasteiger partial charge in [0.05, 0.1) is 13.4 Å². The van der Waals surface area contributed by atoms with E-state index in [1.165, 1.54) is 0 Å². The van der Waals surface area contributed by atoms with E-state index < -0.39 is 0 Å². The maximum absolute atomic E-state index is 12.6. The van der Waals surface area contributed by atoms with Gasteiger partial charge in [0.15, 0.2) is 0 Å². The maximum Gasteiger partial charge on any atom is 0.246 e. The number of aromatic nitrogens is 2. The largest absolute Gasteiger partial charge is 0.497 e. The molecule has 0 radical (unpaired) electrons. The normalized spacial score (nSPS) is 16.2. The Balaban J connectivity index is 1.66. The Bertz CT molecular complexity index is 712. The van der Waals surface area contributed by atoms with Gasteiger partial charge in [0, 0.05) is 31.2 Å². The summed E-state index contributed by atoms with van der Waals surface area (Å²) in [6.07, 6.45) is 4.99. The lowest BCUT2D eigenvalue weighted by Gasteiger charge is -2.35. The van der Waals surface area contributed by atoms with E-state index in [0.29, 0.717) is 13.1 Å². The lowest BCUT2D eigenvalue weighted by molar-refractivity contribution is -0.139. The molecule has 7 nitrogen and oxygen atoms in total. The number of piperazine rings is 1. The van der Waals surface area contributed by atoms with Crippen LogP contribution in [-0.2, 0) is 9.59 Å². The van der Waals surface area contributed by atoms with Crippen molar-refractivity contribution in [2.24, 2.45) is 0 Å². The second-order valence-electron chi connectivity index (χ2n) is 5.69. The van der Waals surface area contributed by atoms with Crippen LogP contribution in [0, 0.1) is 0 Å². The lowest BCUT2D eigenvalue weighted by Crippen LogP contribution is -2.53. The first kappa shape index (κ1) is 16.0. The van der Waals surface area contributed by atoms with E-state index in [-0.39, 0.29) is 24.4 Å². The molecular formula is C17H20N4O3. The molecule has 0 spiro atoms. The number of amides is 2. The third-order valence-corrected chi connectivity index (χ3v) is 4.25. The molecule has 3 rings (SSSR count). The first-order valence-electron chi connectivity index (χ1n) is 7.81. The third kappa shape index (κ3) is 3.10. The Morgan fingerprint density at radius 2 is 2.00 bits per heavy atom. The van der Waals surface area contributed by atoms with Gasteiger partial charge in [0.1, 0.15) is 18.3 Å². The predicted molar refractivity (Wildman–Crippen MR) is 88.9 cm³/mol. The standard InChI is InChI=1S/C17H20N4O3/c1-13(20-8-7-18-12-20)17(23)19-9-10-21(16(22)11-19)14-3-5-15(24-2)6-4-14/h3-8,12-13H,9-11H2,1-2H3. The zero-order valence-corrected chi connectivity index (χ0v) is 13.8. The van der Waals surface area contributed by atoms with E-state index in [0.717, 1.165) is 11.4 Å². The van der Waals surface area contributed by atoms with Crippen molar-refractivity contribution in [2.75, 3.05) is 31.6 Å². The Morgan fingerprint density at radius 1 is 1.25 bits per heavy atom. The van der Waals surface area contributed by atoms with E-state index in [9.17, 15) is 9.59 Å². The van der Waals surface area contributed by atoms with Gasteiger partial charge in [-0.25, -0.2) is 4.98 Å². The summed E-state index contributed by atoms with van der Waals surface area (Å²) in [6.45, 7) is 2.89. The zero-order chi connectivity index (χ0) is 17.1. The summed E-state index contributed by atoms with van der Waals surface area (Å²) in [6, 6.07) is 6.97. The molecular weight excluding hydrogens is 308 g/mol. The topological polar surface area (TPSA) is 67.7 Å². The molecule has 1 aromatic carbocycles. The molecule has 1 aromatic heterocycles. The molecule has 0 bridgehead atoms. The smallest absolute Gasteiger partial charge is 0.246 e. The van der Waals surface area contributed by atoms with E-state index in [2.05, 4.69) is 4.98 Å². The van der Waals surface area contributed by atoms with Gasteiger partial charge in [0.25, 0.3) is 0 Å². The van der Waals surface area contributed by atoms with Gasteiger partial charge in [-0.2, -0.15) is 0 Å². The van der Waals surface area contributed by atoms with Crippen molar-refractivity contribution in [3.05, 3.63) is 43.0 Å². The molecule has 1 aliphatic heterocycles. The van der Waals surface area contributed by atoms with Crippen molar-refractivity contribution in [3.8, 4) is 5.75 Å². The monoisotopic (exact) mass is 328 g/mol. The first-order valence-corrected chi connectivity index (χ1v) is 7.81. The molecule has 1 fully saturated rings. The molecule has 0 aliphatic carbocycles. The first-order chi connectivity index (χ1) is 11.6. The fourth-order valence-electron chi connectivity index (χ4n) is 2.79. The quantitative estimate of drug-likeness (QED) is 0.849. The minimum atomic E-state index is -0.368. The molecule has 1 aliphatic rings. The van der Waals surface area contributed by atoms with Crippen LogP contribution < -0.4 is 9.64 Å². The summed E-state index contributed by atoms with van der Waals surface area (Å²) in [7, 11) is 1.60. The lowest BCUT2D eigenvalue weighted by atomic mass is 10.2. The van der Waals surface area contributed by atoms with Gasteiger partial charge in [0.2, 0.25) is 11.8 Å². The van der Waals surface area contributed by atoms with E-state index in [1.807, 2.05) is 31.2 Å². The maximum atomic E-state index is 12.6. The molecule has 7 heteroatoms. The summed E-state index contributed by atoms with van der Waals surface area (Å²) in [5.41, 5.74) is 0.815. The van der Waals surface area contributed by atoms with E-state index in [1.54, 1.807) is 40.2 Å². The van der Waals surface area contributed by atoms with Crippen molar-refractivity contribution < 1.29 is 14.3 Å². The molecule has 126 valence electrons. The third-order valence-electron chi connectivity index (χ3n) is 4.25. The van der Waals surface area contributed by atoms with Crippen LogP contribution in [0.1, 0.15) is 13.0 Å². The van der Waals surface area contributed by atoms with Crippen molar-refractivity contribution in [1.82, 2.24) is 14.5 Å². The highest BCUT2D eigenvalue weighted by Gasteiger charge is 2.30. The Kier molecular flexibility index (Phi) is 4.50. The van der Waals surface area contributed by atoms with Gasteiger partial charge in [-0.3, -0.25) is 9.59 Å². The summed E-state index contributed by atoms with van der Waals surface area (Å²) in [5, 5.41) is 0. The SMILES string of the molecule is COc1ccc(N2CCN(C(=O)C(C)n3ccnc3)CC2=O)cc1. The van der Waals surface area contributed by atoms with Crippen LogP contribution in [0.2, 0.25) is 0 Å². The number of benzene rings is 1. The molecule has 0 N–H and O–H groups in total. The molecule has 24 heavy (non-hydrogen) atoms. The fourth-order valence-corrected chi connectivity index (χ4v) is 2.79. The Hall–Kier alpha value is -2.83. The van der Waals surface area contributed by atoms with Crippen molar-refractivity contribution >= 4 is 17.5 Å². The van der Waals surface area contributed by atoms with Crippen molar-refractivity contribution in [2.45, 2.75) is 13.0 Å². The number of hydrogen-bond acceptors (Lipinski definition) is 4. The summed E-state index contributed by atoms with van der Waals surface area (Å²) >= 11 is 0. The Labute approximate surface area is 140 Å². The summed E-state index contributed by atoms with van der Waals surface area (Å²) in [4.78, 5) is 32.3. The highest BCUT2D eigenvalue weighted by Crippen LogP contribution is 2.22. The van der Waals surface area contributed by atoms with Crippen LogP contribution >= 0.6 is 0 Å². The molecule has 0 saturated carbocycles. The summed E-state index contributed by atoms with van der Waals surface area (Å²) in [5.74, 6) is 0.586. The zero-order valence-electron chi connectivity index (χ0n) is 13.8. The van der Waals surface area contributed by atoms with Crippen LogP contribution in [0.25, 0.3) is 0 Å². The fraction of sp³-hybridized carbons (Fsp3) is 0.353. The highest BCUT2D eigenvalue weighted by molar-refractivity contribution is 5.98. The minimum absolute atomic E-state index is 0.0734. The van der Waals surface area contributed by atoms with Gasteiger partial charge in [-0.1, -0.05) is 0 Å². The minimum Gasteiger partial charge on any atom is -0.497 e. The van der Waals surface area contributed by atoms with E-state index >= 15 is 0 Å². The molecule has 2 amide bonds. The number of rotatable bonds is 4. The van der Waals surface area contributed by atoms with Crippen LogP contribution in [0.15, 0.2) is 43.0 Å². The van der Waals surface area contributed by atoms with E-state index in [4.69, 9.17) is 4.74 Å². The second-order valence-corrected chi connectivity index (χ2v) is 5.69. The highest BCUT2D eigenvalue weighted by atomic mass is 16.5. The number of carbonyl (C=O) groups is 2. The number of imidazole rings is 1. The second kappa shape index (κ2) is 6.74. The van der Waals surface area contributed by atoms with Crippen LogP contribution in [0.5, 0.6) is 5.75 Å². The number of nitrogens with zero attached hydrogens (tertiary/aromatic N) is 4. The van der Waals surface area contributed by atoms with Crippen LogP contribution in [0.3, 0.4) is 0 Å². The molecule has 1 atom stereocenters. The molecule has 2 heterocycles. The number of hydrogen-bond donors (Lipinski definition) is 0. The number of ether oxygens (including phenoxy) is 1. The van der Waals surface area contributed by atoms with Crippen LogP contribution in [-0.4, -0.2) is 53.0 Å². The average Bonchev–Trinajstić information content (AvgIpc) is 3.15. The molecule has 2 aromatic rings. The molecule has 1 saturated heterocycles. The van der Waals surface area contributed by atoms with Crippen LogP contribution in [0.4, 0.5) is 5.69 Å². The number of carbonyl (C=O) groups excluding carboxylic acids is 2. The Morgan fingerprint density at radius 3 is 2.58 bits per heavy atom. The predicted octanol–water partition coefficient (Wildman–Crippen LogP) is 1.33. The van der Waals surface area contributed by atoms with Gasteiger partial charge < -0.3 is 19.1 Å². The van der Waals surface area contributed by atoms with Gasteiger partial charge in [-0.05, 0) is 31.2 Å². The summed E-state index contributed by atoms with van der Waals surface area (Å²) < 4.78 is 6.87.